The van der Waals surface area contributed by atoms with Gasteiger partial charge in [0, 0.05) is 18.8 Å². The first-order valence-electron chi connectivity index (χ1n) is 12.2. The molecule has 1 unspecified atom stereocenters. The molecule has 7 heteroatoms. The lowest BCUT2D eigenvalue weighted by Crippen LogP contribution is -2.42. The molecule has 0 radical (unpaired) electrons. The van der Waals surface area contributed by atoms with Crippen LogP contribution in [0.25, 0.3) is 0 Å². The predicted octanol–water partition coefficient (Wildman–Crippen LogP) is 5.48. The number of nitriles is 1. The first kappa shape index (κ1) is 25.5. The van der Waals surface area contributed by atoms with Crippen molar-refractivity contribution in [2.45, 2.75) is 43.4 Å². The van der Waals surface area contributed by atoms with Crippen LogP contribution in [0, 0.1) is 24.2 Å². The summed E-state index contributed by atoms with van der Waals surface area (Å²) in [5, 5.41) is 12.7. The minimum atomic E-state index is -0.376. The fourth-order valence-corrected chi connectivity index (χ4v) is 5.49. The van der Waals surface area contributed by atoms with Crippen LogP contribution in [0.3, 0.4) is 0 Å². The van der Waals surface area contributed by atoms with Gasteiger partial charge in [0.2, 0.25) is 5.91 Å². The quantitative estimate of drug-likeness (QED) is 0.436. The topological polar surface area (TPSA) is 86.1 Å². The van der Waals surface area contributed by atoms with E-state index in [1.807, 2.05) is 36.1 Å². The normalized spacial score (nSPS) is 14.6. The molecule has 1 aromatic heterocycles. The van der Waals surface area contributed by atoms with Crippen LogP contribution in [0.5, 0.6) is 0 Å². The van der Waals surface area contributed by atoms with Crippen LogP contribution in [0.1, 0.15) is 46.9 Å². The van der Waals surface area contributed by atoms with E-state index in [4.69, 9.17) is 0 Å². The Bertz CT molecular complexity index is 1250. The van der Waals surface area contributed by atoms with Crippen molar-refractivity contribution >= 4 is 29.3 Å². The van der Waals surface area contributed by atoms with Crippen molar-refractivity contribution in [2.24, 2.45) is 5.92 Å². The number of amides is 2. The number of thioether (sulfide) groups is 1. The van der Waals surface area contributed by atoms with Crippen molar-refractivity contribution in [2.75, 3.05) is 18.4 Å². The average Bonchev–Trinajstić information content (AvgIpc) is 2.90. The van der Waals surface area contributed by atoms with Crippen molar-refractivity contribution in [1.82, 2.24) is 9.88 Å². The number of aryl methyl sites for hydroxylation is 1. The monoisotopic (exact) mass is 498 g/mol. The standard InChI is InChI=1S/C29H30N4O2S/c1-20-26(27(34)32-25-11-7-4-8-12-25)18-24(19-30)28(31-20)36-21(2)29(35)33-15-13-23(14-16-33)17-22-9-5-3-6-10-22/h3-12,18,21,23H,13-17H2,1-2H3,(H,32,34). The van der Waals surface area contributed by atoms with Crippen molar-refractivity contribution in [1.29, 1.82) is 5.26 Å². The zero-order valence-corrected chi connectivity index (χ0v) is 21.4. The molecule has 1 fully saturated rings. The second-order valence-corrected chi connectivity index (χ2v) is 10.5. The van der Waals surface area contributed by atoms with Gasteiger partial charge in [0.1, 0.15) is 11.1 Å². The van der Waals surface area contributed by atoms with Crippen molar-refractivity contribution in [3.05, 3.63) is 89.1 Å². The number of aromatic nitrogens is 1. The molecule has 0 aliphatic carbocycles. The summed E-state index contributed by atoms with van der Waals surface area (Å²) in [5.41, 5.74) is 3.18. The molecule has 0 saturated carbocycles. The minimum absolute atomic E-state index is 0.0624. The highest BCUT2D eigenvalue weighted by Gasteiger charge is 2.28. The van der Waals surface area contributed by atoms with Crippen LogP contribution in [0.4, 0.5) is 5.69 Å². The molecule has 1 aliphatic heterocycles. The van der Waals surface area contributed by atoms with Crippen LogP contribution in [-0.4, -0.2) is 40.0 Å². The minimum Gasteiger partial charge on any atom is -0.342 e. The third-order valence-corrected chi connectivity index (χ3v) is 7.59. The van der Waals surface area contributed by atoms with E-state index in [1.165, 1.54) is 17.3 Å². The average molecular weight is 499 g/mol. The molecule has 2 aromatic carbocycles. The van der Waals surface area contributed by atoms with Gasteiger partial charge in [0.05, 0.1) is 22.1 Å². The number of likely N-dealkylation sites (tertiary alicyclic amines) is 1. The van der Waals surface area contributed by atoms with Gasteiger partial charge < -0.3 is 10.2 Å². The first-order chi connectivity index (χ1) is 17.4. The lowest BCUT2D eigenvalue weighted by molar-refractivity contribution is -0.131. The summed E-state index contributed by atoms with van der Waals surface area (Å²) in [5.74, 6) is 0.331. The Balaban J connectivity index is 1.37. The molecular weight excluding hydrogens is 468 g/mol. The number of anilines is 1. The maximum Gasteiger partial charge on any atom is 0.257 e. The van der Waals surface area contributed by atoms with Gasteiger partial charge in [0.25, 0.3) is 5.91 Å². The van der Waals surface area contributed by atoms with E-state index in [1.54, 1.807) is 25.1 Å². The Kier molecular flexibility index (Phi) is 8.40. The lowest BCUT2D eigenvalue weighted by Gasteiger charge is -2.33. The highest BCUT2D eigenvalue weighted by Crippen LogP contribution is 2.29. The molecule has 0 spiro atoms. The number of hydrogen-bond acceptors (Lipinski definition) is 5. The number of piperidine rings is 1. The van der Waals surface area contributed by atoms with Crippen LogP contribution in [-0.2, 0) is 11.2 Å². The van der Waals surface area contributed by atoms with Gasteiger partial charge in [-0.1, -0.05) is 60.3 Å². The summed E-state index contributed by atoms with van der Waals surface area (Å²) in [6.07, 6.45) is 3.03. The van der Waals surface area contributed by atoms with Gasteiger partial charge in [-0.15, -0.1) is 0 Å². The lowest BCUT2D eigenvalue weighted by atomic mass is 9.90. The Morgan fingerprint density at radius 1 is 1.11 bits per heavy atom. The molecule has 2 heterocycles. The van der Waals surface area contributed by atoms with E-state index in [0.29, 0.717) is 33.5 Å². The van der Waals surface area contributed by atoms with Gasteiger partial charge in [-0.05, 0) is 62.8 Å². The molecule has 184 valence electrons. The summed E-state index contributed by atoms with van der Waals surface area (Å²) >= 11 is 1.28. The van der Waals surface area contributed by atoms with Gasteiger partial charge in [-0.3, -0.25) is 9.59 Å². The van der Waals surface area contributed by atoms with Crippen LogP contribution < -0.4 is 5.32 Å². The molecule has 3 aromatic rings. The molecular formula is C29H30N4O2S. The summed E-state index contributed by atoms with van der Waals surface area (Å²) < 4.78 is 0. The number of carbonyl (C=O) groups is 2. The second kappa shape index (κ2) is 11.9. The summed E-state index contributed by atoms with van der Waals surface area (Å²) in [4.78, 5) is 32.4. The van der Waals surface area contributed by atoms with E-state index >= 15 is 0 Å². The highest BCUT2D eigenvalue weighted by molar-refractivity contribution is 8.00. The van der Waals surface area contributed by atoms with Crippen molar-refractivity contribution in [3.63, 3.8) is 0 Å². The Labute approximate surface area is 216 Å². The van der Waals surface area contributed by atoms with Crippen LogP contribution >= 0.6 is 11.8 Å². The Hall–Kier alpha value is -3.63. The molecule has 2 amide bonds. The third-order valence-electron chi connectivity index (χ3n) is 6.50. The number of nitrogens with zero attached hydrogens (tertiary/aromatic N) is 3. The fourth-order valence-electron chi connectivity index (χ4n) is 4.48. The predicted molar refractivity (Wildman–Crippen MR) is 143 cm³/mol. The zero-order chi connectivity index (χ0) is 25.5. The van der Waals surface area contributed by atoms with Gasteiger partial charge in [-0.2, -0.15) is 5.26 Å². The second-order valence-electron chi connectivity index (χ2n) is 9.12. The van der Waals surface area contributed by atoms with E-state index in [0.717, 1.165) is 32.4 Å². The van der Waals surface area contributed by atoms with Gasteiger partial charge in [0.15, 0.2) is 0 Å². The molecule has 1 N–H and O–H groups in total. The van der Waals surface area contributed by atoms with Gasteiger partial charge >= 0.3 is 0 Å². The molecule has 6 nitrogen and oxygen atoms in total. The largest absolute Gasteiger partial charge is 0.342 e. The van der Waals surface area contributed by atoms with Gasteiger partial charge in [-0.25, -0.2) is 4.98 Å². The highest BCUT2D eigenvalue weighted by atomic mass is 32.2. The fraction of sp³-hybridized carbons (Fsp3) is 0.310. The summed E-state index contributed by atoms with van der Waals surface area (Å²) in [6.45, 7) is 5.10. The number of benzene rings is 2. The number of hydrogen-bond donors (Lipinski definition) is 1. The van der Waals surface area contributed by atoms with Crippen LogP contribution in [0.2, 0.25) is 0 Å². The van der Waals surface area contributed by atoms with Crippen LogP contribution in [0.15, 0.2) is 71.8 Å². The zero-order valence-electron chi connectivity index (χ0n) is 20.6. The summed E-state index contributed by atoms with van der Waals surface area (Å²) in [6, 6.07) is 23.4. The smallest absolute Gasteiger partial charge is 0.257 e. The molecule has 36 heavy (non-hydrogen) atoms. The number of rotatable bonds is 7. The van der Waals surface area contributed by atoms with E-state index < -0.39 is 0 Å². The summed E-state index contributed by atoms with van der Waals surface area (Å²) in [7, 11) is 0. The maximum absolute atomic E-state index is 13.2. The number of pyridine rings is 1. The van der Waals surface area contributed by atoms with E-state index in [9.17, 15) is 14.9 Å². The molecule has 1 atom stereocenters. The van der Waals surface area contributed by atoms with E-state index in [-0.39, 0.29) is 17.1 Å². The van der Waals surface area contributed by atoms with E-state index in [2.05, 4.69) is 40.6 Å². The number of nitrogens with one attached hydrogen (secondary N) is 1. The Morgan fingerprint density at radius 3 is 2.39 bits per heavy atom. The first-order valence-corrected chi connectivity index (χ1v) is 13.1. The molecule has 4 rings (SSSR count). The Morgan fingerprint density at radius 2 is 1.75 bits per heavy atom. The van der Waals surface area contributed by atoms with Crippen molar-refractivity contribution < 1.29 is 9.59 Å². The third kappa shape index (κ3) is 6.32. The number of carbonyl (C=O) groups excluding carboxylic acids is 2. The van der Waals surface area contributed by atoms with Crippen molar-refractivity contribution in [3.8, 4) is 6.07 Å². The molecule has 0 bridgehead atoms. The molecule has 1 saturated heterocycles. The maximum atomic E-state index is 13.2. The molecule has 1 aliphatic rings. The SMILES string of the molecule is Cc1nc(SC(C)C(=O)N2CCC(Cc3ccccc3)CC2)c(C#N)cc1C(=O)Nc1ccccc1. The number of para-hydroxylation sites is 1.